The van der Waals surface area contributed by atoms with E-state index in [0.717, 1.165) is 19.2 Å². The number of benzene rings is 1. The van der Waals surface area contributed by atoms with Gasteiger partial charge in [0.15, 0.2) is 0 Å². The number of rotatable bonds is 9. The monoisotopic (exact) mass is 261 g/mol. The number of ether oxygens (including phenoxy) is 1. The van der Waals surface area contributed by atoms with Crippen LogP contribution in [0.3, 0.4) is 0 Å². The molecule has 0 heterocycles. The first-order valence-corrected chi connectivity index (χ1v) is 7.58. The lowest BCUT2D eigenvalue weighted by molar-refractivity contribution is 0.191. The Morgan fingerprint density at radius 3 is 2.84 bits per heavy atom. The summed E-state index contributed by atoms with van der Waals surface area (Å²) in [5.41, 5.74) is 2.86. The Balaban J connectivity index is 1.87. The molecule has 0 radical (unpaired) electrons. The number of aryl methyl sites for hydroxylation is 1. The summed E-state index contributed by atoms with van der Waals surface area (Å²) < 4.78 is 5.14. The highest BCUT2D eigenvalue weighted by Gasteiger charge is 2.22. The molecule has 0 spiro atoms. The Labute approximate surface area is 117 Å². The molecule has 2 heteroatoms. The molecule has 2 nitrogen and oxygen atoms in total. The molecule has 0 bridgehead atoms. The van der Waals surface area contributed by atoms with Gasteiger partial charge in [-0.05, 0) is 44.1 Å². The first kappa shape index (κ1) is 14.5. The summed E-state index contributed by atoms with van der Waals surface area (Å²) in [5.74, 6) is 0.650. The minimum Gasteiger partial charge on any atom is -0.385 e. The quantitative estimate of drug-likeness (QED) is 0.685. The molecule has 0 aliphatic heterocycles. The second-order valence-corrected chi connectivity index (χ2v) is 5.78. The minimum absolute atomic E-state index is 0.650. The van der Waals surface area contributed by atoms with E-state index in [0.29, 0.717) is 5.92 Å². The van der Waals surface area contributed by atoms with Gasteiger partial charge in [-0.3, -0.25) is 0 Å². The zero-order chi connectivity index (χ0) is 13.5. The van der Waals surface area contributed by atoms with E-state index in [1.807, 2.05) is 0 Å². The van der Waals surface area contributed by atoms with Gasteiger partial charge in [0.25, 0.3) is 0 Å². The lowest BCUT2D eigenvalue weighted by Crippen LogP contribution is -2.23. The molecule has 1 N–H and O–H groups in total. The van der Waals surface area contributed by atoms with Crippen molar-refractivity contribution in [3.05, 3.63) is 35.4 Å². The molecule has 1 aromatic rings. The van der Waals surface area contributed by atoms with E-state index < -0.39 is 0 Å². The SMILES string of the molecule is COCCCCC(CNC1CC1)c1cccc(C)c1. The van der Waals surface area contributed by atoms with Crippen LogP contribution in [0.1, 0.15) is 49.1 Å². The van der Waals surface area contributed by atoms with Crippen molar-refractivity contribution < 1.29 is 4.74 Å². The van der Waals surface area contributed by atoms with Gasteiger partial charge in [-0.25, -0.2) is 0 Å². The zero-order valence-electron chi connectivity index (χ0n) is 12.3. The van der Waals surface area contributed by atoms with Crippen LogP contribution in [0.2, 0.25) is 0 Å². The second kappa shape index (κ2) is 7.66. The lowest BCUT2D eigenvalue weighted by Gasteiger charge is -2.18. The van der Waals surface area contributed by atoms with E-state index in [2.05, 4.69) is 36.5 Å². The van der Waals surface area contributed by atoms with Gasteiger partial charge in [-0.15, -0.1) is 0 Å². The van der Waals surface area contributed by atoms with Gasteiger partial charge >= 0.3 is 0 Å². The first-order valence-electron chi connectivity index (χ1n) is 7.58. The van der Waals surface area contributed by atoms with Gasteiger partial charge in [0.05, 0.1) is 0 Å². The molecular weight excluding hydrogens is 234 g/mol. The number of nitrogens with one attached hydrogen (secondary N) is 1. The van der Waals surface area contributed by atoms with Crippen LogP contribution in [-0.2, 0) is 4.74 Å². The number of unbranched alkanes of at least 4 members (excludes halogenated alkanes) is 1. The van der Waals surface area contributed by atoms with Crippen molar-refractivity contribution in [3.63, 3.8) is 0 Å². The molecule has 1 aliphatic rings. The van der Waals surface area contributed by atoms with E-state index in [9.17, 15) is 0 Å². The van der Waals surface area contributed by atoms with Crippen molar-refractivity contribution >= 4 is 0 Å². The highest BCUT2D eigenvalue weighted by atomic mass is 16.5. The average molecular weight is 261 g/mol. The maximum atomic E-state index is 5.14. The van der Waals surface area contributed by atoms with Gasteiger partial charge in [-0.1, -0.05) is 36.2 Å². The van der Waals surface area contributed by atoms with Gasteiger partial charge in [0, 0.05) is 26.3 Å². The molecule has 0 saturated heterocycles. The summed E-state index contributed by atoms with van der Waals surface area (Å²) in [6.45, 7) is 4.19. The van der Waals surface area contributed by atoms with Crippen molar-refractivity contribution in [2.45, 2.75) is 51.0 Å². The average Bonchev–Trinajstić information content (AvgIpc) is 3.22. The summed E-state index contributed by atoms with van der Waals surface area (Å²) in [7, 11) is 1.78. The minimum atomic E-state index is 0.650. The third-order valence-corrected chi connectivity index (χ3v) is 3.89. The number of methoxy groups -OCH3 is 1. The molecule has 1 fully saturated rings. The molecule has 106 valence electrons. The molecule has 1 saturated carbocycles. The number of hydrogen-bond donors (Lipinski definition) is 1. The van der Waals surface area contributed by atoms with Crippen LogP contribution in [0.25, 0.3) is 0 Å². The Morgan fingerprint density at radius 2 is 2.16 bits per heavy atom. The van der Waals surface area contributed by atoms with Crippen molar-refractivity contribution in [1.29, 1.82) is 0 Å². The fourth-order valence-corrected chi connectivity index (χ4v) is 2.54. The zero-order valence-corrected chi connectivity index (χ0v) is 12.3. The standard InChI is InChI=1S/C17H27NO/c1-14-6-5-8-15(12-14)16(7-3-4-11-19-2)13-18-17-9-10-17/h5-6,8,12,16-18H,3-4,7,9-11,13H2,1-2H3. The summed E-state index contributed by atoms with van der Waals surface area (Å²) >= 11 is 0. The van der Waals surface area contributed by atoms with E-state index in [4.69, 9.17) is 4.74 Å². The molecule has 19 heavy (non-hydrogen) atoms. The second-order valence-electron chi connectivity index (χ2n) is 5.78. The van der Waals surface area contributed by atoms with Gasteiger partial charge in [0.2, 0.25) is 0 Å². The van der Waals surface area contributed by atoms with Crippen molar-refractivity contribution in [3.8, 4) is 0 Å². The van der Waals surface area contributed by atoms with E-state index in [1.165, 1.54) is 43.2 Å². The highest BCUT2D eigenvalue weighted by molar-refractivity contribution is 5.25. The normalized spacial score (nSPS) is 16.5. The third kappa shape index (κ3) is 5.33. The van der Waals surface area contributed by atoms with E-state index in [-0.39, 0.29) is 0 Å². The van der Waals surface area contributed by atoms with Crippen molar-refractivity contribution in [2.24, 2.45) is 0 Å². The summed E-state index contributed by atoms with van der Waals surface area (Å²) in [5, 5.41) is 3.68. The van der Waals surface area contributed by atoms with Crippen LogP contribution in [-0.4, -0.2) is 26.3 Å². The van der Waals surface area contributed by atoms with Gasteiger partial charge in [-0.2, -0.15) is 0 Å². The number of hydrogen-bond acceptors (Lipinski definition) is 2. The topological polar surface area (TPSA) is 21.3 Å². The first-order chi connectivity index (χ1) is 9.29. The van der Waals surface area contributed by atoms with Crippen LogP contribution >= 0.6 is 0 Å². The van der Waals surface area contributed by atoms with Crippen LogP contribution in [0.5, 0.6) is 0 Å². The predicted molar refractivity (Wildman–Crippen MR) is 80.7 cm³/mol. The maximum absolute atomic E-state index is 5.14. The molecule has 0 aromatic heterocycles. The van der Waals surface area contributed by atoms with Crippen LogP contribution in [0.4, 0.5) is 0 Å². The molecule has 1 aliphatic carbocycles. The van der Waals surface area contributed by atoms with E-state index >= 15 is 0 Å². The molecule has 1 unspecified atom stereocenters. The summed E-state index contributed by atoms with van der Waals surface area (Å²) in [6.07, 6.45) is 6.40. The largest absolute Gasteiger partial charge is 0.385 e. The van der Waals surface area contributed by atoms with Crippen molar-refractivity contribution in [1.82, 2.24) is 5.32 Å². The predicted octanol–water partition coefficient (Wildman–Crippen LogP) is 3.65. The Kier molecular flexibility index (Phi) is 5.87. The van der Waals surface area contributed by atoms with Crippen molar-refractivity contribution in [2.75, 3.05) is 20.3 Å². The Hall–Kier alpha value is -0.860. The highest BCUT2D eigenvalue weighted by Crippen LogP contribution is 2.25. The third-order valence-electron chi connectivity index (χ3n) is 3.89. The lowest BCUT2D eigenvalue weighted by atomic mass is 9.92. The fourth-order valence-electron chi connectivity index (χ4n) is 2.54. The van der Waals surface area contributed by atoms with E-state index in [1.54, 1.807) is 7.11 Å². The molecule has 1 atom stereocenters. The summed E-state index contributed by atoms with van der Waals surface area (Å²) in [6, 6.07) is 9.79. The van der Waals surface area contributed by atoms with Gasteiger partial charge < -0.3 is 10.1 Å². The van der Waals surface area contributed by atoms with Crippen LogP contribution in [0, 0.1) is 6.92 Å². The Morgan fingerprint density at radius 1 is 1.32 bits per heavy atom. The summed E-state index contributed by atoms with van der Waals surface area (Å²) in [4.78, 5) is 0. The smallest absolute Gasteiger partial charge is 0.0462 e. The maximum Gasteiger partial charge on any atom is 0.0462 e. The Bertz CT molecular complexity index is 373. The molecule has 2 rings (SSSR count). The van der Waals surface area contributed by atoms with Gasteiger partial charge in [0.1, 0.15) is 0 Å². The molecular formula is C17H27NO. The fraction of sp³-hybridized carbons (Fsp3) is 0.647. The molecule has 1 aromatic carbocycles. The molecule has 0 amide bonds. The van der Waals surface area contributed by atoms with Crippen LogP contribution in [0.15, 0.2) is 24.3 Å². The van der Waals surface area contributed by atoms with Crippen LogP contribution < -0.4 is 5.32 Å².